The van der Waals surface area contributed by atoms with E-state index in [9.17, 15) is 0 Å². The third-order valence-corrected chi connectivity index (χ3v) is 4.82. The molecule has 2 aromatic carbocycles. The summed E-state index contributed by atoms with van der Waals surface area (Å²) < 4.78 is 7.97. The van der Waals surface area contributed by atoms with Gasteiger partial charge in [-0.2, -0.15) is 0 Å². The minimum atomic E-state index is 0. The van der Waals surface area contributed by atoms with Crippen LogP contribution in [0, 0.1) is 0 Å². The molecule has 4 aromatic rings. The number of imidazole rings is 1. The van der Waals surface area contributed by atoms with E-state index in [1.807, 2.05) is 30.5 Å². The van der Waals surface area contributed by atoms with Crippen molar-refractivity contribution in [2.75, 3.05) is 7.11 Å². The fourth-order valence-electron chi connectivity index (χ4n) is 3.69. The van der Waals surface area contributed by atoms with Gasteiger partial charge in [-0.15, -0.1) is 12.4 Å². The number of aryl methyl sites for hydroxylation is 2. The summed E-state index contributed by atoms with van der Waals surface area (Å²) in [5, 5.41) is 1.13. The molecule has 0 unspecified atom stereocenters. The zero-order chi connectivity index (χ0) is 16.8. The van der Waals surface area contributed by atoms with Crippen LogP contribution in [0.25, 0.3) is 27.8 Å². The zero-order valence-electron chi connectivity index (χ0n) is 14.3. The van der Waals surface area contributed by atoms with E-state index in [-0.39, 0.29) is 12.4 Å². The minimum absolute atomic E-state index is 0. The molecule has 1 aliphatic rings. The van der Waals surface area contributed by atoms with Crippen LogP contribution in [0.3, 0.4) is 0 Å². The number of nitrogens with zero attached hydrogens (tertiary/aromatic N) is 3. The number of ether oxygens (including phenoxy) is 1. The summed E-state index contributed by atoms with van der Waals surface area (Å²) in [6, 6.07) is 18.6. The van der Waals surface area contributed by atoms with E-state index < -0.39 is 0 Å². The third kappa shape index (κ3) is 2.37. The highest BCUT2D eigenvalue weighted by atomic mass is 35.5. The Bertz CT molecular complexity index is 1090. The van der Waals surface area contributed by atoms with Crippen LogP contribution in [0.5, 0.6) is 5.88 Å². The first-order valence-electron chi connectivity index (χ1n) is 8.45. The van der Waals surface area contributed by atoms with Gasteiger partial charge in [-0.1, -0.05) is 48.5 Å². The average Bonchev–Trinajstić information content (AvgIpc) is 3.07. The van der Waals surface area contributed by atoms with E-state index in [2.05, 4.69) is 39.9 Å². The summed E-state index contributed by atoms with van der Waals surface area (Å²) in [5.41, 5.74) is 5.34. The molecule has 0 amide bonds. The first-order chi connectivity index (χ1) is 12.4. The van der Waals surface area contributed by atoms with Gasteiger partial charge in [0.2, 0.25) is 5.88 Å². The molecule has 130 valence electrons. The molecule has 0 radical (unpaired) electrons. The van der Waals surface area contributed by atoms with Crippen LogP contribution in [-0.4, -0.2) is 21.6 Å². The second-order valence-electron chi connectivity index (χ2n) is 6.24. The van der Waals surface area contributed by atoms with E-state index >= 15 is 0 Å². The predicted octanol–water partition coefficient (Wildman–Crippen LogP) is 4.62. The Hall–Kier alpha value is -2.85. The minimum Gasteiger partial charge on any atom is -0.480 e. The molecule has 0 N–H and O–H groups in total. The van der Waals surface area contributed by atoms with Crippen LogP contribution >= 0.6 is 12.4 Å². The number of benzene rings is 2. The fourth-order valence-corrected chi connectivity index (χ4v) is 3.69. The molecule has 0 saturated heterocycles. The SMILES string of the molecule is COc1c(-c2ccccc2)nc2n1-c1c(ccc3cccnc13)CC2.Cl. The largest absolute Gasteiger partial charge is 0.480 e. The molecule has 0 bridgehead atoms. The lowest BCUT2D eigenvalue weighted by molar-refractivity contribution is 0.389. The average molecular weight is 364 g/mol. The molecule has 2 aromatic heterocycles. The van der Waals surface area contributed by atoms with Crippen LogP contribution in [0.15, 0.2) is 60.8 Å². The molecule has 0 spiro atoms. The van der Waals surface area contributed by atoms with Crippen LogP contribution in [0.4, 0.5) is 0 Å². The molecule has 1 aliphatic heterocycles. The predicted molar refractivity (Wildman–Crippen MR) is 106 cm³/mol. The van der Waals surface area contributed by atoms with Crippen LogP contribution < -0.4 is 4.74 Å². The van der Waals surface area contributed by atoms with Gasteiger partial charge in [0.05, 0.1) is 18.3 Å². The smallest absolute Gasteiger partial charge is 0.226 e. The van der Waals surface area contributed by atoms with E-state index in [4.69, 9.17) is 9.72 Å². The summed E-state index contributed by atoms with van der Waals surface area (Å²) in [4.78, 5) is 9.55. The van der Waals surface area contributed by atoms with Gasteiger partial charge in [0.1, 0.15) is 11.5 Å². The quantitative estimate of drug-likeness (QED) is 0.522. The molecule has 0 atom stereocenters. The number of fused-ring (bicyclic) bond motifs is 5. The molecule has 0 fully saturated rings. The number of methoxy groups -OCH3 is 1. The summed E-state index contributed by atoms with van der Waals surface area (Å²) in [6.45, 7) is 0. The second-order valence-corrected chi connectivity index (χ2v) is 6.24. The molecular formula is C21H18ClN3O. The Morgan fingerprint density at radius 2 is 1.81 bits per heavy atom. The van der Waals surface area contributed by atoms with Gasteiger partial charge in [0.15, 0.2) is 0 Å². The fraction of sp³-hybridized carbons (Fsp3) is 0.143. The van der Waals surface area contributed by atoms with Gasteiger partial charge in [-0.25, -0.2) is 4.98 Å². The lowest BCUT2D eigenvalue weighted by Gasteiger charge is -2.21. The monoisotopic (exact) mass is 363 g/mol. The van der Waals surface area contributed by atoms with Crippen molar-refractivity contribution >= 4 is 23.3 Å². The van der Waals surface area contributed by atoms with Crippen molar-refractivity contribution in [3.8, 4) is 22.8 Å². The van der Waals surface area contributed by atoms with Crippen molar-refractivity contribution < 1.29 is 4.74 Å². The van der Waals surface area contributed by atoms with Crippen LogP contribution in [0.1, 0.15) is 11.4 Å². The number of hydrogen-bond donors (Lipinski definition) is 0. The maximum atomic E-state index is 5.82. The van der Waals surface area contributed by atoms with Crippen molar-refractivity contribution in [3.63, 3.8) is 0 Å². The van der Waals surface area contributed by atoms with Crippen molar-refractivity contribution in [2.45, 2.75) is 12.8 Å². The molecule has 5 heteroatoms. The Balaban J connectivity index is 0.00000168. The molecule has 3 heterocycles. The zero-order valence-corrected chi connectivity index (χ0v) is 15.2. The topological polar surface area (TPSA) is 39.9 Å². The first kappa shape index (κ1) is 16.6. The highest BCUT2D eigenvalue weighted by molar-refractivity contribution is 5.89. The van der Waals surface area contributed by atoms with Crippen molar-refractivity contribution in [1.82, 2.24) is 14.5 Å². The van der Waals surface area contributed by atoms with Gasteiger partial charge < -0.3 is 4.74 Å². The maximum absolute atomic E-state index is 5.82. The van der Waals surface area contributed by atoms with E-state index in [0.29, 0.717) is 0 Å². The number of hydrogen-bond acceptors (Lipinski definition) is 3. The highest BCUT2D eigenvalue weighted by Crippen LogP contribution is 2.39. The van der Waals surface area contributed by atoms with Gasteiger partial charge in [0, 0.05) is 23.6 Å². The lowest BCUT2D eigenvalue weighted by Crippen LogP contribution is -2.14. The first-order valence-corrected chi connectivity index (χ1v) is 8.45. The molecule has 4 nitrogen and oxygen atoms in total. The van der Waals surface area contributed by atoms with Gasteiger partial charge in [0.25, 0.3) is 0 Å². The van der Waals surface area contributed by atoms with Crippen molar-refractivity contribution in [2.24, 2.45) is 0 Å². The number of aromatic nitrogens is 3. The number of pyridine rings is 1. The summed E-state index contributed by atoms with van der Waals surface area (Å²) in [6.07, 6.45) is 3.71. The third-order valence-electron chi connectivity index (χ3n) is 4.82. The summed E-state index contributed by atoms with van der Waals surface area (Å²) in [7, 11) is 1.71. The van der Waals surface area contributed by atoms with Crippen LogP contribution in [-0.2, 0) is 12.8 Å². The standard InChI is InChI=1S/C21H17N3O.ClH/c1-25-21-19(14-6-3-2-4-7-14)23-17-12-11-16-10-9-15-8-5-13-22-18(15)20(16)24(17)21;/h2-10,13H,11-12H2,1H3;1H. The molecular weight excluding hydrogens is 346 g/mol. The van der Waals surface area contributed by atoms with E-state index in [1.54, 1.807) is 7.11 Å². The van der Waals surface area contributed by atoms with Crippen LogP contribution in [0.2, 0.25) is 0 Å². The Morgan fingerprint density at radius 3 is 2.62 bits per heavy atom. The van der Waals surface area contributed by atoms with Crippen molar-refractivity contribution in [1.29, 1.82) is 0 Å². The summed E-state index contributed by atoms with van der Waals surface area (Å²) in [5.74, 6) is 1.81. The Labute approximate surface area is 157 Å². The number of rotatable bonds is 2. The number of halogens is 1. The molecule has 0 aliphatic carbocycles. The molecule has 5 rings (SSSR count). The lowest BCUT2D eigenvalue weighted by atomic mass is 10.0. The normalized spacial score (nSPS) is 12.2. The van der Waals surface area contributed by atoms with Gasteiger partial charge >= 0.3 is 0 Å². The van der Waals surface area contributed by atoms with Gasteiger partial charge in [-0.3, -0.25) is 9.55 Å². The second kappa shape index (κ2) is 6.46. The van der Waals surface area contributed by atoms with Gasteiger partial charge in [-0.05, 0) is 18.1 Å². The van der Waals surface area contributed by atoms with E-state index in [1.165, 1.54) is 5.56 Å². The highest BCUT2D eigenvalue weighted by Gasteiger charge is 2.27. The Kier molecular flexibility index (Phi) is 4.13. The van der Waals surface area contributed by atoms with Crippen molar-refractivity contribution in [3.05, 3.63) is 72.2 Å². The maximum Gasteiger partial charge on any atom is 0.226 e. The molecule has 0 saturated carbocycles. The van der Waals surface area contributed by atoms with E-state index in [0.717, 1.165) is 52.4 Å². The summed E-state index contributed by atoms with van der Waals surface area (Å²) >= 11 is 0. The molecule has 26 heavy (non-hydrogen) atoms. The Morgan fingerprint density at radius 1 is 0.962 bits per heavy atom.